The summed E-state index contributed by atoms with van der Waals surface area (Å²) in [5.41, 5.74) is 0. The van der Waals surface area contributed by atoms with Crippen molar-refractivity contribution in [2.75, 3.05) is 6.54 Å². The fourth-order valence-electron chi connectivity index (χ4n) is 1.11. The van der Waals surface area contributed by atoms with Crippen LogP contribution in [0.15, 0.2) is 0 Å². The molecule has 0 N–H and O–H groups in total. The molecule has 0 aliphatic heterocycles. The molecule has 10 heavy (non-hydrogen) atoms. The van der Waals surface area contributed by atoms with E-state index in [0.29, 0.717) is 12.1 Å². The Morgan fingerprint density at radius 1 is 1.10 bits per heavy atom. The van der Waals surface area contributed by atoms with Crippen molar-refractivity contribution in [1.82, 2.24) is 4.90 Å². The van der Waals surface area contributed by atoms with E-state index in [0.717, 1.165) is 6.54 Å². The monoisotopic (exact) mass is 226 g/mol. The zero-order valence-electron chi connectivity index (χ0n) is 7.42. The molecule has 62 valence electrons. The maximum absolute atomic E-state index is 3.85. The van der Waals surface area contributed by atoms with Gasteiger partial charge in [0.05, 0.1) is 0 Å². The largest absolute Gasteiger partial charge is 0.330 e. The summed E-state index contributed by atoms with van der Waals surface area (Å²) in [5.74, 6) is 0. The van der Waals surface area contributed by atoms with Gasteiger partial charge in [0.15, 0.2) is 0 Å². The first-order valence-corrected chi connectivity index (χ1v) is 3.64. The predicted octanol–water partition coefficient (Wildman–Crippen LogP) is 1.94. The van der Waals surface area contributed by atoms with Crippen molar-refractivity contribution < 1.29 is 21.1 Å². The van der Waals surface area contributed by atoms with Crippen molar-refractivity contribution in [1.29, 1.82) is 0 Å². The Hall–Kier alpha value is 0.648. The third-order valence-corrected chi connectivity index (χ3v) is 1.58. The van der Waals surface area contributed by atoms with E-state index in [9.17, 15) is 0 Å². The van der Waals surface area contributed by atoms with Crippen molar-refractivity contribution in [3.8, 4) is 0 Å². The topological polar surface area (TPSA) is 3.24 Å². The van der Waals surface area contributed by atoms with Gasteiger partial charge in [0, 0.05) is 33.1 Å². The van der Waals surface area contributed by atoms with Crippen LogP contribution < -0.4 is 0 Å². The van der Waals surface area contributed by atoms with E-state index in [1.54, 1.807) is 0 Å². The van der Waals surface area contributed by atoms with E-state index in [1.165, 1.54) is 0 Å². The summed E-state index contributed by atoms with van der Waals surface area (Å²) in [6.07, 6.45) is 0. The van der Waals surface area contributed by atoms with Gasteiger partial charge in [0.2, 0.25) is 0 Å². The third-order valence-electron chi connectivity index (χ3n) is 1.58. The van der Waals surface area contributed by atoms with E-state index in [4.69, 9.17) is 0 Å². The molecule has 0 atom stereocenters. The van der Waals surface area contributed by atoms with Crippen molar-refractivity contribution in [2.45, 2.75) is 39.8 Å². The van der Waals surface area contributed by atoms with Crippen LogP contribution in [-0.2, 0) is 21.1 Å². The molecule has 0 aromatic rings. The molecule has 0 saturated heterocycles. The minimum absolute atomic E-state index is 0. The van der Waals surface area contributed by atoms with Crippen LogP contribution in [0, 0.1) is 6.92 Å². The first-order chi connectivity index (χ1) is 4.09. The maximum Gasteiger partial charge on any atom is 0.00127 e. The molecule has 0 aliphatic carbocycles. The second-order valence-electron chi connectivity index (χ2n) is 2.93. The number of hydrogen-bond acceptors (Lipinski definition) is 1. The second-order valence-corrected chi connectivity index (χ2v) is 2.93. The standard InChI is InChI=1S/C8H18N.Mo/c1-6-9(7(2)3)8(4)5;/h7-8H,1,6H2,2-5H3;/q-1;. The molecule has 0 unspecified atom stereocenters. The molecule has 0 fully saturated rings. The Morgan fingerprint density at radius 2 is 1.40 bits per heavy atom. The molecule has 1 nitrogen and oxygen atoms in total. The van der Waals surface area contributed by atoms with Crippen LogP contribution in [0.3, 0.4) is 0 Å². The normalized spacial score (nSPS) is 10.8. The molecule has 0 heterocycles. The summed E-state index contributed by atoms with van der Waals surface area (Å²) in [4.78, 5) is 2.35. The fourth-order valence-corrected chi connectivity index (χ4v) is 1.11. The fraction of sp³-hybridized carbons (Fsp3) is 0.875. The Bertz CT molecular complexity index is 63.7. The third kappa shape index (κ3) is 4.46. The quantitative estimate of drug-likeness (QED) is 0.523. The van der Waals surface area contributed by atoms with E-state index in [-0.39, 0.29) is 21.1 Å². The molecule has 0 rings (SSSR count). The van der Waals surface area contributed by atoms with Crippen LogP contribution in [-0.4, -0.2) is 23.5 Å². The maximum atomic E-state index is 3.85. The summed E-state index contributed by atoms with van der Waals surface area (Å²) in [6.45, 7) is 13.6. The Labute approximate surface area is 79.4 Å². The Morgan fingerprint density at radius 3 is 1.40 bits per heavy atom. The van der Waals surface area contributed by atoms with Gasteiger partial charge in [0.25, 0.3) is 0 Å². The van der Waals surface area contributed by atoms with Crippen LogP contribution in [0.2, 0.25) is 0 Å². The molecule has 0 aromatic heterocycles. The van der Waals surface area contributed by atoms with E-state index < -0.39 is 0 Å². The van der Waals surface area contributed by atoms with Gasteiger partial charge in [-0.3, -0.25) is 0 Å². The van der Waals surface area contributed by atoms with Crippen LogP contribution in [0.4, 0.5) is 0 Å². The Kier molecular flexibility index (Phi) is 8.43. The van der Waals surface area contributed by atoms with Gasteiger partial charge < -0.3 is 11.8 Å². The first-order valence-electron chi connectivity index (χ1n) is 3.64. The molecule has 0 bridgehead atoms. The van der Waals surface area contributed by atoms with Crippen LogP contribution in [0.5, 0.6) is 0 Å². The van der Waals surface area contributed by atoms with Crippen LogP contribution in [0.1, 0.15) is 27.7 Å². The molecular weight excluding hydrogens is 206 g/mol. The van der Waals surface area contributed by atoms with E-state index >= 15 is 0 Å². The molecule has 0 amide bonds. The minimum atomic E-state index is 0. The van der Waals surface area contributed by atoms with Gasteiger partial charge in [-0.2, -0.15) is 0 Å². The number of hydrogen-bond donors (Lipinski definition) is 0. The van der Waals surface area contributed by atoms with Gasteiger partial charge in [-0.1, -0.05) is 0 Å². The van der Waals surface area contributed by atoms with Gasteiger partial charge in [0.1, 0.15) is 0 Å². The summed E-state index contributed by atoms with van der Waals surface area (Å²) in [6, 6.07) is 1.25. The number of rotatable bonds is 3. The average Bonchev–Trinajstić information content (AvgIpc) is 1.64. The van der Waals surface area contributed by atoms with Crippen LogP contribution in [0.25, 0.3) is 0 Å². The summed E-state index contributed by atoms with van der Waals surface area (Å²) in [5, 5.41) is 0. The summed E-state index contributed by atoms with van der Waals surface area (Å²) in [7, 11) is 0. The molecule has 0 spiro atoms. The van der Waals surface area contributed by atoms with Gasteiger partial charge in [-0.05, 0) is 27.7 Å². The second kappa shape index (κ2) is 6.36. The molecular formula is C8H18MoN-. The molecule has 0 aromatic carbocycles. The van der Waals surface area contributed by atoms with Gasteiger partial charge in [-0.25, -0.2) is 0 Å². The summed E-state index contributed by atoms with van der Waals surface area (Å²) < 4.78 is 0. The molecule has 0 radical (unpaired) electrons. The first kappa shape index (κ1) is 13.3. The van der Waals surface area contributed by atoms with Crippen molar-refractivity contribution >= 4 is 0 Å². The number of nitrogens with zero attached hydrogens (tertiary/aromatic N) is 1. The zero-order chi connectivity index (χ0) is 7.44. The predicted molar refractivity (Wildman–Crippen MR) is 42.3 cm³/mol. The molecule has 0 saturated carbocycles. The van der Waals surface area contributed by atoms with Gasteiger partial charge >= 0.3 is 0 Å². The molecule has 2 heteroatoms. The van der Waals surface area contributed by atoms with Crippen molar-refractivity contribution in [3.05, 3.63) is 6.92 Å². The van der Waals surface area contributed by atoms with Crippen molar-refractivity contribution in [2.24, 2.45) is 0 Å². The summed E-state index contributed by atoms with van der Waals surface area (Å²) >= 11 is 0. The Balaban J connectivity index is 0. The van der Waals surface area contributed by atoms with Gasteiger partial charge in [-0.15, -0.1) is 6.54 Å². The van der Waals surface area contributed by atoms with E-state index in [1.807, 2.05) is 0 Å². The SMILES string of the molecule is [CH2-]CN(C(C)C)C(C)C.[Mo]. The minimum Gasteiger partial charge on any atom is -0.330 e. The van der Waals surface area contributed by atoms with E-state index in [2.05, 4.69) is 39.5 Å². The zero-order valence-corrected chi connectivity index (χ0v) is 9.43. The average molecular weight is 224 g/mol. The van der Waals surface area contributed by atoms with Crippen molar-refractivity contribution in [3.63, 3.8) is 0 Å². The van der Waals surface area contributed by atoms with Crippen LogP contribution >= 0.6 is 0 Å². The smallest absolute Gasteiger partial charge is 0.00127 e. The molecule has 0 aliphatic rings.